The molecule has 0 saturated carbocycles. The molecular formula is C21H29Cl2N3O7S. The molecule has 1 aromatic rings. The third-order valence-corrected chi connectivity index (χ3v) is 8.31. The van der Waals surface area contributed by atoms with E-state index >= 15 is 0 Å². The van der Waals surface area contributed by atoms with Crippen molar-refractivity contribution in [3.8, 4) is 5.75 Å². The minimum atomic E-state index is -4.09. The Morgan fingerprint density at radius 3 is 2.56 bits per heavy atom. The van der Waals surface area contributed by atoms with E-state index in [0.29, 0.717) is 43.5 Å². The largest absolute Gasteiger partial charge is 0.491 e. The molecular weight excluding hydrogens is 509 g/mol. The molecule has 2 aliphatic rings. The van der Waals surface area contributed by atoms with Crippen LogP contribution in [0.2, 0.25) is 10.0 Å². The number of rotatable bonds is 10. The van der Waals surface area contributed by atoms with Crippen LogP contribution < -0.4 is 4.74 Å². The van der Waals surface area contributed by atoms with E-state index in [2.05, 4.69) is 4.90 Å². The zero-order chi connectivity index (χ0) is 24.9. The van der Waals surface area contributed by atoms with Crippen LogP contribution >= 0.6 is 23.2 Å². The van der Waals surface area contributed by atoms with E-state index in [0.717, 1.165) is 17.4 Å². The summed E-state index contributed by atoms with van der Waals surface area (Å²) in [6, 6.07) is 2.18. The van der Waals surface area contributed by atoms with Gasteiger partial charge in [-0.3, -0.25) is 9.69 Å². The first-order valence-corrected chi connectivity index (χ1v) is 13.3. The second-order valence-electron chi connectivity index (χ2n) is 7.80. The van der Waals surface area contributed by atoms with E-state index in [1.54, 1.807) is 13.0 Å². The van der Waals surface area contributed by atoms with E-state index in [4.69, 9.17) is 37.4 Å². The highest BCUT2D eigenvalue weighted by Gasteiger charge is 2.49. The number of amides is 1. The fraction of sp³-hybridized carbons (Fsp3) is 0.619. The number of morpholine rings is 1. The van der Waals surface area contributed by atoms with Crippen LogP contribution in [0.3, 0.4) is 0 Å². The maximum atomic E-state index is 12.8. The number of halogens is 2. The summed E-state index contributed by atoms with van der Waals surface area (Å²) < 4.78 is 43.4. The molecule has 2 aliphatic heterocycles. The molecule has 10 nitrogen and oxygen atoms in total. The summed E-state index contributed by atoms with van der Waals surface area (Å²) in [5.41, 5.74) is -0.159. The standard InChI is InChI=1S/C21H29Cl2N3O7S/c1-3-5-16-20(27)26(34(29,30)25(16)4-2)14-33-21(28)18-15(22)6-7-17(19(18)23)32-13-10-24-8-11-31-12-9-24/h6-7,16H,3-5,8-14H2,1-2H3. The van der Waals surface area contributed by atoms with Crippen molar-refractivity contribution in [1.82, 2.24) is 13.5 Å². The van der Waals surface area contributed by atoms with Gasteiger partial charge in [-0.1, -0.05) is 43.5 Å². The SMILES string of the molecule is CCCC1C(=O)N(COC(=O)c2c(Cl)ccc(OCCN3CCOCC3)c2Cl)S(=O)(=O)N1CC. The number of hydrogen-bond donors (Lipinski definition) is 0. The van der Waals surface area contributed by atoms with Gasteiger partial charge in [0.05, 0.1) is 23.3 Å². The summed E-state index contributed by atoms with van der Waals surface area (Å²) in [5.74, 6) is -1.34. The molecule has 0 aromatic heterocycles. The number of hydrogen-bond acceptors (Lipinski definition) is 8. The number of carbonyl (C=O) groups is 2. The van der Waals surface area contributed by atoms with Crippen LogP contribution in [0.1, 0.15) is 37.0 Å². The summed E-state index contributed by atoms with van der Waals surface area (Å²) in [6.07, 6.45) is 0.997. The molecule has 0 N–H and O–H groups in total. The Bertz CT molecular complexity index is 1000. The van der Waals surface area contributed by atoms with Crippen LogP contribution in [-0.4, -0.2) is 92.6 Å². The van der Waals surface area contributed by atoms with Crippen LogP contribution in [0.15, 0.2) is 12.1 Å². The Hall–Kier alpha value is -1.63. The lowest BCUT2D eigenvalue weighted by Gasteiger charge is -2.26. The molecule has 0 bridgehead atoms. The lowest BCUT2D eigenvalue weighted by molar-refractivity contribution is -0.130. The predicted molar refractivity (Wildman–Crippen MR) is 126 cm³/mol. The highest BCUT2D eigenvalue weighted by Crippen LogP contribution is 2.34. The minimum absolute atomic E-state index is 0.0187. The molecule has 3 rings (SSSR count). The first-order chi connectivity index (χ1) is 16.2. The van der Waals surface area contributed by atoms with Crippen LogP contribution in [-0.2, 0) is 24.5 Å². The number of esters is 1. The van der Waals surface area contributed by atoms with E-state index in [1.165, 1.54) is 6.07 Å². The molecule has 0 aliphatic carbocycles. The van der Waals surface area contributed by atoms with Gasteiger partial charge in [-0.25, -0.2) is 4.79 Å². The van der Waals surface area contributed by atoms with Gasteiger partial charge in [0, 0.05) is 26.2 Å². The fourth-order valence-corrected chi connectivity index (χ4v) is 6.09. The number of likely N-dealkylation sites (N-methyl/N-ethyl adjacent to an activating group) is 1. The molecule has 1 amide bonds. The number of nitrogens with zero attached hydrogens (tertiary/aromatic N) is 3. The van der Waals surface area contributed by atoms with Gasteiger partial charge in [-0.2, -0.15) is 17.0 Å². The van der Waals surface area contributed by atoms with Crippen molar-refractivity contribution in [2.24, 2.45) is 0 Å². The van der Waals surface area contributed by atoms with Crippen LogP contribution in [0, 0.1) is 0 Å². The smallest absolute Gasteiger partial charge is 0.343 e. The van der Waals surface area contributed by atoms with Crippen LogP contribution in [0.5, 0.6) is 5.75 Å². The molecule has 2 saturated heterocycles. The van der Waals surface area contributed by atoms with Crippen molar-refractivity contribution in [3.63, 3.8) is 0 Å². The van der Waals surface area contributed by atoms with Gasteiger partial charge in [0.15, 0.2) is 6.73 Å². The summed E-state index contributed by atoms with van der Waals surface area (Å²) in [7, 11) is -4.09. The Morgan fingerprint density at radius 2 is 1.91 bits per heavy atom. The van der Waals surface area contributed by atoms with E-state index in [9.17, 15) is 18.0 Å². The van der Waals surface area contributed by atoms with Gasteiger partial charge < -0.3 is 14.2 Å². The third kappa shape index (κ3) is 5.77. The topological polar surface area (TPSA) is 106 Å². The molecule has 2 fully saturated rings. The molecule has 1 unspecified atom stereocenters. The Labute approximate surface area is 209 Å². The molecule has 190 valence electrons. The fourth-order valence-electron chi connectivity index (χ4n) is 3.88. The quantitative estimate of drug-likeness (QED) is 0.419. The molecule has 1 aromatic carbocycles. The van der Waals surface area contributed by atoms with Gasteiger partial charge in [-0.05, 0) is 18.6 Å². The molecule has 2 heterocycles. The molecule has 0 spiro atoms. The average Bonchev–Trinajstić information content (AvgIpc) is 2.98. The number of ether oxygens (including phenoxy) is 3. The molecule has 13 heteroatoms. The Morgan fingerprint density at radius 1 is 1.21 bits per heavy atom. The zero-order valence-corrected chi connectivity index (χ0v) is 21.5. The summed E-state index contributed by atoms with van der Waals surface area (Å²) in [5, 5.41) is -0.0284. The summed E-state index contributed by atoms with van der Waals surface area (Å²) in [6.45, 7) is 6.81. The van der Waals surface area contributed by atoms with Gasteiger partial charge in [-0.15, -0.1) is 0 Å². The van der Waals surface area contributed by atoms with E-state index in [1.807, 2.05) is 6.92 Å². The van der Waals surface area contributed by atoms with Crippen molar-refractivity contribution in [1.29, 1.82) is 0 Å². The normalized spacial score (nSPS) is 21.1. The van der Waals surface area contributed by atoms with E-state index in [-0.39, 0.29) is 27.9 Å². The maximum Gasteiger partial charge on any atom is 0.343 e. The average molecular weight is 538 g/mol. The minimum Gasteiger partial charge on any atom is -0.491 e. The lowest BCUT2D eigenvalue weighted by atomic mass is 10.1. The summed E-state index contributed by atoms with van der Waals surface area (Å²) in [4.78, 5) is 27.7. The second kappa shape index (κ2) is 11.9. The number of carbonyl (C=O) groups excluding carboxylic acids is 2. The highest BCUT2D eigenvalue weighted by atomic mass is 35.5. The van der Waals surface area contributed by atoms with Gasteiger partial charge in [0.1, 0.15) is 24.0 Å². The van der Waals surface area contributed by atoms with E-state index < -0.39 is 34.9 Å². The maximum absolute atomic E-state index is 12.8. The van der Waals surface area contributed by atoms with Gasteiger partial charge in [0.2, 0.25) is 0 Å². The van der Waals surface area contributed by atoms with Gasteiger partial charge >= 0.3 is 16.2 Å². The third-order valence-electron chi connectivity index (χ3n) is 5.67. The number of benzene rings is 1. The first-order valence-electron chi connectivity index (χ1n) is 11.1. The monoisotopic (exact) mass is 537 g/mol. The molecule has 34 heavy (non-hydrogen) atoms. The van der Waals surface area contributed by atoms with Crippen molar-refractivity contribution < 1.29 is 32.2 Å². The Kier molecular flexibility index (Phi) is 9.41. The Balaban J connectivity index is 1.67. The zero-order valence-electron chi connectivity index (χ0n) is 19.2. The van der Waals surface area contributed by atoms with Crippen molar-refractivity contribution in [2.75, 3.05) is 52.7 Å². The van der Waals surface area contributed by atoms with Crippen LogP contribution in [0.25, 0.3) is 0 Å². The first kappa shape index (κ1) is 27.0. The second-order valence-corrected chi connectivity index (χ2v) is 10.4. The van der Waals surface area contributed by atoms with Crippen molar-refractivity contribution in [2.45, 2.75) is 32.7 Å². The highest BCUT2D eigenvalue weighted by molar-refractivity contribution is 7.87. The molecule has 1 atom stereocenters. The predicted octanol–water partition coefficient (Wildman–Crippen LogP) is 2.40. The van der Waals surface area contributed by atoms with Crippen molar-refractivity contribution in [3.05, 3.63) is 27.7 Å². The molecule has 0 radical (unpaired) electrons. The van der Waals surface area contributed by atoms with Gasteiger partial charge in [0.25, 0.3) is 5.91 Å². The summed E-state index contributed by atoms with van der Waals surface area (Å²) >= 11 is 12.5. The van der Waals surface area contributed by atoms with Crippen LogP contribution in [0.4, 0.5) is 0 Å². The lowest BCUT2D eigenvalue weighted by Crippen LogP contribution is -2.38. The van der Waals surface area contributed by atoms with Crippen molar-refractivity contribution >= 4 is 45.3 Å².